The maximum Gasteiger partial charge on any atom is 0.00668 e. The summed E-state index contributed by atoms with van der Waals surface area (Å²) in [6.45, 7) is 4.92. The van der Waals surface area contributed by atoms with Crippen molar-refractivity contribution in [1.29, 1.82) is 0 Å². The van der Waals surface area contributed by atoms with Crippen molar-refractivity contribution < 1.29 is 0 Å². The van der Waals surface area contributed by atoms with Gasteiger partial charge in [0.2, 0.25) is 0 Å². The summed E-state index contributed by atoms with van der Waals surface area (Å²) in [7, 11) is 2.14. The molecule has 0 heterocycles. The molecule has 2 saturated carbocycles. The summed E-state index contributed by atoms with van der Waals surface area (Å²) in [4.78, 5) is 0. The lowest BCUT2D eigenvalue weighted by Gasteiger charge is -2.40. The van der Waals surface area contributed by atoms with Crippen molar-refractivity contribution in [2.75, 3.05) is 7.05 Å². The normalized spacial score (nSPS) is 45.6. The van der Waals surface area contributed by atoms with Crippen molar-refractivity contribution in [2.45, 2.75) is 64.8 Å². The van der Waals surface area contributed by atoms with E-state index in [-0.39, 0.29) is 0 Å². The van der Waals surface area contributed by atoms with Gasteiger partial charge in [-0.15, -0.1) is 0 Å². The van der Waals surface area contributed by atoms with Crippen molar-refractivity contribution in [3.05, 3.63) is 0 Å². The number of hydrogen-bond acceptors (Lipinski definition) is 1. The molecule has 94 valence electrons. The Balaban J connectivity index is 1.90. The number of hydrogen-bond donors (Lipinski definition) is 1. The maximum atomic E-state index is 3.50. The van der Waals surface area contributed by atoms with Gasteiger partial charge in [0.25, 0.3) is 0 Å². The molecule has 0 aromatic heterocycles. The van der Waals surface area contributed by atoms with Gasteiger partial charge in [0.05, 0.1) is 0 Å². The summed E-state index contributed by atoms with van der Waals surface area (Å²) in [5.41, 5.74) is 0. The van der Waals surface area contributed by atoms with Crippen LogP contribution in [0.1, 0.15) is 58.8 Å². The molecule has 2 fully saturated rings. The molecule has 2 rings (SSSR count). The van der Waals surface area contributed by atoms with E-state index >= 15 is 0 Å². The number of nitrogens with one attached hydrogen (secondary N) is 1. The van der Waals surface area contributed by atoms with Crippen LogP contribution in [0.5, 0.6) is 0 Å². The summed E-state index contributed by atoms with van der Waals surface area (Å²) in [6.07, 6.45) is 10.3. The van der Waals surface area contributed by atoms with Crippen LogP contribution in [0.2, 0.25) is 0 Å². The summed E-state index contributed by atoms with van der Waals surface area (Å²) in [5.74, 6) is 4.01. The third-order valence-corrected chi connectivity index (χ3v) is 5.00. The smallest absolute Gasteiger partial charge is 0.00668 e. The van der Waals surface area contributed by atoms with E-state index in [1.165, 1.54) is 44.9 Å². The van der Waals surface area contributed by atoms with E-state index in [4.69, 9.17) is 0 Å². The van der Waals surface area contributed by atoms with Crippen molar-refractivity contribution in [3.63, 3.8) is 0 Å². The van der Waals surface area contributed by atoms with Gasteiger partial charge in [-0.1, -0.05) is 26.7 Å². The van der Waals surface area contributed by atoms with Crippen molar-refractivity contribution in [3.8, 4) is 0 Å². The first-order valence-corrected chi connectivity index (χ1v) is 7.36. The highest BCUT2D eigenvalue weighted by Crippen LogP contribution is 2.42. The van der Waals surface area contributed by atoms with Gasteiger partial charge in [-0.2, -0.15) is 0 Å². The van der Waals surface area contributed by atoms with E-state index in [2.05, 4.69) is 26.2 Å². The largest absolute Gasteiger partial charge is 0.317 e. The first-order valence-electron chi connectivity index (χ1n) is 7.36. The first-order chi connectivity index (χ1) is 7.69. The van der Waals surface area contributed by atoms with Crippen LogP contribution < -0.4 is 5.32 Å². The quantitative estimate of drug-likeness (QED) is 0.750. The van der Waals surface area contributed by atoms with Crippen LogP contribution in [0.4, 0.5) is 0 Å². The molecule has 4 unspecified atom stereocenters. The molecule has 1 nitrogen and oxygen atoms in total. The van der Waals surface area contributed by atoms with Gasteiger partial charge in [0, 0.05) is 6.04 Å². The Bertz CT molecular complexity index is 203. The second-order valence-electron chi connectivity index (χ2n) is 6.59. The fourth-order valence-electron chi connectivity index (χ4n) is 4.31. The van der Waals surface area contributed by atoms with E-state index in [0.29, 0.717) is 0 Å². The van der Waals surface area contributed by atoms with Gasteiger partial charge in [0.15, 0.2) is 0 Å². The van der Waals surface area contributed by atoms with Gasteiger partial charge in [-0.3, -0.25) is 0 Å². The highest BCUT2D eigenvalue weighted by atomic mass is 14.9. The molecule has 0 radical (unpaired) electrons. The van der Waals surface area contributed by atoms with E-state index in [9.17, 15) is 0 Å². The van der Waals surface area contributed by atoms with Crippen LogP contribution in [0.15, 0.2) is 0 Å². The Morgan fingerprint density at radius 2 is 1.50 bits per heavy atom. The Kier molecular flexibility index (Phi) is 4.29. The minimum absolute atomic E-state index is 0.811. The molecule has 1 N–H and O–H groups in total. The Morgan fingerprint density at radius 3 is 2.12 bits per heavy atom. The molecule has 0 spiro atoms. The lowest BCUT2D eigenvalue weighted by Crippen LogP contribution is -2.36. The molecule has 0 aliphatic heterocycles. The Hall–Kier alpha value is -0.0400. The lowest BCUT2D eigenvalue weighted by molar-refractivity contribution is 0.122. The molecule has 16 heavy (non-hydrogen) atoms. The fourth-order valence-corrected chi connectivity index (χ4v) is 4.31. The van der Waals surface area contributed by atoms with Crippen LogP contribution in [-0.2, 0) is 0 Å². The highest BCUT2D eigenvalue weighted by molar-refractivity contribution is 4.85. The standard InChI is InChI=1S/C15H29N/c1-11-7-12(2)9-14(8-11)13-5-4-6-15(10-13)16-3/h11-16H,4-10H2,1-3H3. The Labute approximate surface area is 101 Å². The molecule has 0 aromatic rings. The van der Waals surface area contributed by atoms with E-state index in [1.54, 1.807) is 0 Å². The molecule has 0 aromatic carbocycles. The van der Waals surface area contributed by atoms with Gasteiger partial charge >= 0.3 is 0 Å². The lowest BCUT2D eigenvalue weighted by atomic mass is 9.67. The second kappa shape index (κ2) is 5.53. The monoisotopic (exact) mass is 223 g/mol. The van der Waals surface area contributed by atoms with Gasteiger partial charge < -0.3 is 5.32 Å². The van der Waals surface area contributed by atoms with Crippen molar-refractivity contribution in [1.82, 2.24) is 5.32 Å². The summed E-state index contributed by atoms with van der Waals surface area (Å²) in [5, 5.41) is 3.50. The topological polar surface area (TPSA) is 12.0 Å². The zero-order valence-electron chi connectivity index (χ0n) is 11.3. The average Bonchev–Trinajstić information content (AvgIpc) is 2.28. The summed E-state index contributed by atoms with van der Waals surface area (Å²) >= 11 is 0. The van der Waals surface area contributed by atoms with E-state index in [1.807, 2.05) is 0 Å². The SMILES string of the molecule is CNC1CCCC(C2CC(C)CC(C)C2)C1. The molecule has 0 saturated heterocycles. The molecular formula is C15H29N. The van der Waals surface area contributed by atoms with Gasteiger partial charge in [-0.25, -0.2) is 0 Å². The molecular weight excluding hydrogens is 194 g/mol. The van der Waals surface area contributed by atoms with Gasteiger partial charge in [-0.05, 0) is 62.8 Å². The zero-order chi connectivity index (χ0) is 11.5. The van der Waals surface area contributed by atoms with Crippen molar-refractivity contribution >= 4 is 0 Å². The van der Waals surface area contributed by atoms with Crippen molar-refractivity contribution in [2.24, 2.45) is 23.7 Å². The third-order valence-electron chi connectivity index (χ3n) is 5.00. The molecule has 2 aliphatic carbocycles. The van der Waals surface area contributed by atoms with E-state index in [0.717, 1.165) is 29.7 Å². The second-order valence-corrected chi connectivity index (χ2v) is 6.59. The first kappa shape index (κ1) is 12.4. The molecule has 4 atom stereocenters. The van der Waals surface area contributed by atoms with Crippen LogP contribution in [-0.4, -0.2) is 13.1 Å². The minimum atomic E-state index is 0.811. The van der Waals surface area contributed by atoms with Crippen LogP contribution in [0.3, 0.4) is 0 Å². The zero-order valence-corrected chi connectivity index (χ0v) is 11.3. The Morgan fingerprint density at radius 1 is 0.812 bits per heavy atom. The van der Waals surface area contributed by atoms with Crippen LogP contribution in [0.25, 0.3) is 0 Å². The van der Waals surface area contributed by atoms with Crippen LogP contribution in [0, 0.1) is 23.7 Å². The predicted molar refractivity (Wildman–Crippen MR) is 70.5 cm³/mol. The molecule has 0 amide bonds. The third kappa shape index (κ3) is 3.00. The van der Waals surface area contributed by atoms with Gasteiger partial charge in [0.1, 0.15) is 0 Å². The highest BCUT2D eigenvalue weighted by Gasteiger charge is 2.32. The fraction of sp³-hybridized carbons (Fsp3) is 1.00. The minimum Gasteiger partial charge on any atom is -0.317 e. The molecule has 2 aliphatic rings. The number of rotatable bonds is 2. The molecule has 1 heteroatoms. The van der Waals surface area contributed by atoms with Crippen LogP contribution >= 0.6 is 0 Å². The summed E-state index contributed by atoms with van der Waals surface area (Å²) in [6, 6.07) is 0.811. The molecule has 0 bridgehead atoms. The maximum absolute atomic E-state index is 3.50. The average molecular weight is 223 g/mol. The van der Waals surface area contributed by atoms with E-state index < -0.39 is 0 Å². The predicted octanol–water partition coefficient (Wildman–Crippen LogP) is 3.84. The summed E-state index contributed by atoms with van der Waals surface area (Å²) < 4.78 is 0.